The Bertz CT molecular complexity index is 268. The molecule has 0 radical (unpaired) electrons. The quantitative estimate of drug-likeness (QED) is 0.688. The molecule has 0 aliphatic carbocycles. The van der Waals surface area contributed by atoms with Crippen LogP contribution in [0.4, 0.5) is 0 Å². The number of nitrogens with zero attached hydrogens (tertiary/aromatic N) is 1. The van der Waals surface area contributed by atoms with Crippen LogP contribution in [-0.4, -0.2) is 4.98 Å². The summed E-state index contributed by atoms with van der Waals surface area (Å²) in [5.41, 5.74) is 1.09. The zero-order valence-electron chi connectivity index (χ0n) is 5.90. The van der Waals surface area contributed by atoms with Gasteiger partial charge in [0.25, 0.3) is 0 Å². The lowest BCUT2D eigenvalue weighted by molar-refractivity contribution is 1.03. The Kier molecular flexibility index (Phi) is 3.47. The molecule has 1 nitrogen and oxygen atoms in total. The molecule has 1 aromatic heterocycles. The van der Waals surface area contributed by atoms with Crippen LogP contribution in [0.2, 0.25) is 0 Å². The van der Waals surface area contributed by atoms with Gasteiger partial charge in [-0.15, -0.1) is 11.6 Å². The molecule has 1 rings (SSSR count). The summed E-state index contributed by atoms with van der Waals surface area (Å²) in [7, 11) is 0. The van der Waals surface area contributed by atoms with E-state index in [0.29, 0.717) is 17.3 Å². The minimum Gasteiger partial charge on any atom is -0.252 e. The molecule has 0 atom stereocenters. The van der Waals surface area contributed by atoms with Gasteiger partial charge in [-0.3, -0.25) is 4.98 Å². The van der Waals surface area contributed by atoms with Crippen molar-refractivity contribution in [1.29, 1.82) is 0 Å². The van der Waals surface area contributed by atoms with Crippen molar-refractivity contribution in [2.45, 2.75) is 9.67 Å². The fraction of sp³-hybridized carbons (Fsp3) is 0.286. The van der Waals surface area contributed by atoms with Gasteiger partial charge in [0, 0.05) is 0 Å². The second-order valence-corrected chi connectivity index (χ2v) is 4.69. The van der Waals surface area contributed by atoms with Gasteiger partial charge < -0.3 is 0 Å². The summed E-state index contributed by atoms with van der Waals surface area (Å²) in [6.07, 6.45) is 0. The molecule has 0 unspecified atom stereocenters. The summed E-state index contributed by atoms with van der Waals surface area (Å²) in [5, 5.41) is 0. The first-order valence-corrected chi connectivity index (χ1v) is 4.80. The highest BCUT2D eigenvalue weighted by molar-refractivity contribution is 6.66. The molecule has 5 heteroatoms. The van der Waals surface area contributed by atoms with Crippen LogP contribution in [0, 0.1) is 0 Å². The molecular weight excluding hydrogens is 240 g/mol. The van der Waals surface area contributed by atoms with Crippen molar-refractivity contribution in [1.82, 2.24) is 4.98 Å². The molecule has 0 amide bonds. The lowest BCUT2D eigenvalue weighted by atomic mass is 10.3. The molecule has 0 aliphatic heterocycles. The highest BCUT2D eigenvalue weighted by Gasteiger charge is 2.24. The van der Waals surface area contributed by atoms with Crippen LogP contribution in [0.3, 0.4) is 0 Å². The third kappa shape index (κ3) is 2.67. The maximum Gasteiger partial charge on any atom is 0.232 e. The van der Waals surface area contributed by atoms with Crippen LogP contribution >= 0.6 is 46.4 Å². The number of hydrogen-bond donors (Lipinski definition) is 0. The second-order valence-electron chi connectivity index (χ2n) is 2.15. The Labute approximate surface area is 90.6 Å². The molecule has 0 aliphatic rings. The van der Waals surface area contributed by atoms with Crippen molar-refractivity contribution in [3.63, 3.8) is 0 Å². The van der Waals surface area contributed by atoms with Crippen LogP contribution in [0.25, 0.3) is 0 Å². The number of alkyl halides is 4. The topological polar surface area (TPSA) is 12.9 Å². The molecule has 0 saturated heterocycles. The number of rotatable bonds is 1. The van der Waals surface area contributed by atoms with Gasteiger partial charge in [0.15, 0.2) is 0 Å². The largest absolute Gasteiger partial charge is 0.252 e. The van der Waals surface area contributed by atoms with Gasteiger partial charge >= 0.3 is 0 Å². The second kappa shape index (κ2) is 4.01. The molecule has 0 fully saturated rings. The van der Waals surface area contributed by atoms with E-state index >= 15 is 0 Å². The third-order valence-corrected chi connectivity index (χ3v) is 2.09. The highest BCUT2D eigenvalue weighted by Crippen LogP contribution is 2.36. The van der Waals surface area contributed by atoms with E-state index in [9.17, 15) is 0 Å². The molecule has 0 aromatic carbocycles. The molecule has 12 heavy (non-hydrogen) atoms. The van der Waals surface area contributed by atoms with Crippen LogP contribution in [0.1, 0.15) is 11.4 Å². The van der Waals surface area contributed by atoms with Crippen molar-refractivity contribution < 1.29 is 0 Å². The van der Waals surface area contributed by atoms with Gasteiger partial charge in [-0.2, -0.15) is 0 Å². The molecule has 1 aromatic rings. The van der Waals surface area contributed by atoms with E-state index in [2.05, 4.69) is 4.98 Å². The molecule has 0 spiro atoms. The van der Waals surface area contributed by atoms with Crippen molar-refractivity contribution in [2.24, 2.45) is 0 Å². The fourth-order valence-corrected chi connectivity index (χ4v) is 1.18. The molecular formula is C7H5Cl4N. The predicted molar refractivity (Wildman–Crippen MR) is 53.0 cm³/mol. The molecule has 0 saturated carbocycles. The average molecular weight is 245 g/mol. The van der Waals surface area contributed by atoms with Gasteiger partial charge in [-0.05, 0) is 12.1 Å². The first-order chi connectivity index (χ1) is 5.54. The lowest BCUT2D eigenvalue weighted by Gasteiger charge is -2.10. The van der Waals surface area contributed by atoms with Gasteiger partial charge in [0.1, 0.15) is 0 Å². The van der Waals surface area contributed by atoms with E-state index in [-0.39, 0.29) is 0 Å². The van der Waals surface area contributed by atoms with E-state index in [1.807, 2.05) is 0 Å². The number of aromatic nitrogens is 1. The molecule has 66 valence electrons. The Hall–Kier alpha value is 0.310. The summed E-state index contributed by atoms with van der Waals surface area (Å²) in [4.78, 5) is 4.03. The Morgan fingerprint density at radius 1 is 1.25 bits per heavy atom. The van der Waals surface area contributed by atoms with E-state index in [4.69, 9.17) is 46.4 Å². The Balaban J connectivity index is 3.02. The number of hydrogen-bond acceptors (Lipinski definition) is 1. The summed E-state index contributed by atoms with van der Waals surface area (Å²) >= 11 is 22.4. The van der Waals surface area contributed by atoms with Crippen molar-refractivity contribution >= 4 is 46.4 Å². The zero-order chi connectivity index (χ0) is 9.19. The van der Waals surface area contributed by atoms with Gasteiger partial charge in [0.05, 0.1) is 17.3 Å². The van der Waals surface area contributed by atoms with Crippen LogP contribution in [0.15, 0.2) is 18.2 Å². The number of halogens is 4. The Morgan fingerprint density at radius 2 is 1.92 bits per heavy atom. The van der Waals surface area contributed by atoms with Gasteiger partial charge in [0.2, 0.25) is 3.79 Å². The summed E-state index contributed by atoms with van der Waals surface area (Å²) in [5.74, 6) is 0.314. The van der Waals surface area contributed by atoms with Crippen molar-refractivity contribution in [3.05, 3.63) is 29.6 Å². The first kappa shape index (κ1) is 10.4. The van der Waals surface area contributed by atoms with E-state index in [1.165, 1.54) is 0 Å². The fourth-order valence-electron chi connectivity index (χ4n) is 0.712. The van der Waals surface area contributed by atoms with Gasteiger partial charge in [-0.1, -0.05) is 40.9 Å². The average Bonchev–Trinajstić information content (AvgIpc) is 2.03. The van der Waals surface area contributed by atoms with Crippen LogP contribution in [0.5, 0.6) is 0 Å². The van der Waals surface area contributed by atoms with Crippen molar-refractivity contribution in [2.75, 3.05) is 0 Å². The smallest absolute Gasteiger partial charge is 0.232 e. The monoisotopic (exact) mass is 243 g/mol. The van der Waals surface area contributed by atoms with E-state index in [0.717, 1.165) is 0 Å². The minimum atomic E-state index is -1.47. The Morgan fingerprint density at radius 3 is 2.42 bits per heavy atom. The van der Waals surface area contributed by atoms with Crippen LogP contribution < -0.4 is 0 Å². The molecule has 0 N–H and O–H groups in total. The third-order valence-electron chi connectivity index (χ3n) is 1.23. The van der Waals surface area contributed by atoms with Crippen molar-refractivity contribution in [3.8, 4) is 0 Å². The number of pyridine rings is 1. The first-order valence-electron chi connectivity index (χ1n) is 3.13. The summed E-state index contributed by atoms with van der Waals surface area (Å²) < 4.78 is -1.47. The van der Waals surface area contributed by atoms with Crippen LogP contribution in [-0.2, 0) is 9.67 Å². The van der Waals surface area contributed by atoms with Gasteiger partial charge in [-0.25, -0.2) is 0 Å². The molecule has 0 bridgehead atoms. The normalized spacial score (nSPS) is 11.7. The maximum atomic E-state index is 5.61. The highest BCUT2D eigenvalue weighted by atomic mass is 35.6. The van der Waals surface area contributed by atoms with E-state index in [1.54, 1.807) is 18.2 Å². The maximum absolute atomic E-state index is 5.61. The van der Waals surface area contributed by atoms with E-state index < -0.39 is 3.79 Å². The predicted octanol–water partition coefficient (Wildman–Crippen LogP) is 3.65. The summed E-state index contributed by atoms with van der Waals surface area (Å²) in [6, 6.07) is 5.16. The lowest BCUT2D eigenvalue weighted by Crippen LogP contribution is -2.04. The summed E-state index contributed by atoms with van der Waals surface area (Å²) in [6.45, 7) is 0. The molecule has 1 heterocycles. The SMILES string of the molecule is ClCc1cccc(C(Cl)(Cl)Cl)n1. The zero-order valence-corrected chi connectivity index (χ0v) is 8.92. The minimum absolute atomic E-state index is 0.314. The standard InChI is InChI=1S/C7H5Cl4N/c8-4-5-2-1-3-6(12-5)7(9,10)11/h1-3H,4H2.